The van der Waals surface area contributed by atoms with Crippen LogP contribution in [0.2, 0.25) is 0 Å². The zero-order valence-electron chi connectivity index (χ0n) is 6.57. The Balaban J connectivity index is 2.16. The highest BCUT2D eigenvalue weighted by atomic mass is 79.9. The first-order valence-corrected chi connectivity index (χ1v) is 5.08. The van der Waals surface area contributed by atoms with Crippen LogP contribution >= 0.6 is 15.9 Å². The van der Waals surface area contributed by atoms with Crippen molar-refractivity contribution < 1.29 is 0 Å². The van der Waals surface area contributed by atoms with Crippen molar-refractivity contribution in [2.24, 2.45) is 11.8 Å². The zero-order valence-corrected chi connectivity index (χ0v) is 8.15. The lowest BCUT2D eigenvalue weighted by molar-refractivity contribution is 0.506. The number of rotatable bonds is 4. The van der Waals surface area contributed by atoms with Gasteiger partial charge in [0.15, 0.2) is 0 Å². The van der Waals surface area contributed by atoms with Gasteiger partial charge in [0.1, 0.15) is 0 Å². The van der Waals surface area contributed by atoms with Crippen LogP contribution in [-0.2, 0) is 0 Å². The van der Waals surface area contributed by atoms with Crippen LogP contribution in [0, 0.1) is 11.8 Å². The van der Waals surface area contributed by atoms with Gasteiger partial charge in [-0.15, -0.1) is 0 Å². The largest absolute Gasteiger partial charge is 0.0990 e. The lowest BCUT2D eigenvalue weighted by Gasteiger charge is -2.09. The first kappa shape index (κ1) is 8.32. The van der Waals surface area contributed by atoms with Crippen LogP contribution in [0.3, 0.4) is 0 Å². The van der Waals surface area contributed by atoms with E-state index in [1.165, 1.54) is 24.8 Å². The summed E-state index contributed by atoms with van der Waals surface area (Å²) >= 11 is 3.41. The Hall–Kier alpha value is 0.220. The maximum Gasteiger partial charge on any atom is 0.0239 e. The summed E-state index contributed by atoms with van der Waals surface area (Å²) < 4.78 is 0. The molecule has 0 aliphatic heterocycles. The van der Waals surface area contributed by atoms with Gasteiger partial charge in [-0.3, -0.25) is 0 Å². The van der Waals surface area contributed by atoms with Gasteiger partial charge in [0.25, 0.3) is 0 Å². The van der Waals surface area contributed by atoms with Crippen molar-refractivity contribution >= 4 is 15.9 Å². The summed E-state index contributed by atoms with van der Waals surface area (Å²) in [6, 6.07) is 0. The lowest BCUT2D eigenvalue weighted by Crippen LogP contribution is -1.98. The van der Waals surface area contributed by atoms with Gasteiger partial charge in [-0.05, 0) is 31.1 Å². The molecule has 0 aromatic heterocycles. The Kier molecular flexibility index (Phi) is 2.96. The molecule has 1 unspecified atom stereocenters. The van der Waals surface area contributed by atoms with Gasteiger partial charge < -0.3 is 0 Å². The topological polar surface area (TPSA) is 0 Å². The molecule has 10 heavy (non-hydrogen) atoms. The summed E-state index contributed by atoms with van der Waals surface area (Å²) in [5, 5.41) is 0.976. The first-order chi connectivity index (χ1) is 4.74. The molecule has 1 aliphatic carbocycles. The number of hydrogen-bond donors (Lipinski definition) is 0. The third-order valence-electron chi connectivity index (χ3n) is 2.23. The van der Waals surface area contributed by atoms with Gasteiger partial charge in [0.05, 0.1) is 0 Å². The molecule has 1 saturated carbocycles. The van der Waals surface area contributed by atoms with Gasteiger partial charge in [-0.25, -0.2) is 0 Å². The van der Waals surface area contributed by atoms with Crippen LogP contribution in [0.25, 0.3) is 0 Å². The molecule has 0 N–H and O–H groups in total. The van der Waals surface area contributed by atoms with Gasteiger partial charge >= 0.3 is 0 Å². The highest BCUT2D eigenvalue weighted by Gasteiger charge is 2.27. The fourth-order valence-electron chi connectivity index (χ4n) is 1.34. The minimum absolute atomic E-state index is 0.880. The van der Waals surface area contributed by atoms with Gasteiger partial charge in [-0.1, -0.05) is 35.0 Å². The molecule has 0 spiro atoms. The van der Waals surface area contributed by atoms with Crippen LogP contribution in [0.1, 0.15) is 26.2 Å². The first-order valence-electron chi connectivity index (χ1n) is 3.96. The van der Waals surface area contributed by atoms with Crippen LogP contribution in [0.4, 0.5) is 0 Å². The molecule has 0 aromatic carbocycles. The quantitative estimate of drug-likeness (QED) is 0.485. The number of halogens is 1. The third kappa shape index (κ3) is 2.45. The number of alkyl halides is 1. The van der Waals surface area contributed by atoms with Crippen molar-refractivity contribution in [2.45, 2.75) is 26.2 Å². The fourth-order valence-corrected chi connectivity index (χ4v) is 1.57. The smallest absolute Gasteiger partial charge is 0.0239 e. The van der Waals surface area contributed by atoms with Crippen molar-refractivity contribution in [3.8, 4) is 0 Å². The molecule has 0 bridgehead atoms. The molecular weight excluding hydrogens is 188 g/mol. The molecule has 1 heteroatoms. The minimum Gasteiger partial charge on any atom is -0.0990 e. The van der Waals surface area contributed by atoms with E-state index in [-0.39, 0.29) is 0 Å². The maximum atomic E-state index is 3.98. The van der Waals surface area contributed by atoms with Crippen LogP contribution in [0.15, 0.2) is 12.2 Å². The maximum absolute atomic E-state index is 3.98. The number of allylic oxidation sites excluding steroid dienone is 1. The van der Waals surface area contributed by atoms with Crippen molar-refractivity contribution in [1.82, 2.24) is 0 Å². The summed E-state index contributed by atoms with van der Waals surface area (Å²) in [7, 11) is 0. The minimum atomic E-state index is 0.880. The SMILES string of the molecule is C=C(CBr)CC(C)C1CC1. The predicted molar refractivity (Wildman–Crippen MR) is 49.4 cm³/mol. The Bertz CT molecular complexity index is 125. The molecule has 58 valence electrons. The van der Waals surface area contributed by atoms with E-state index >= 15 is 0 Å². The molecular formula is C9H15Br. The van der Waals surface area contributed by atoms with Crippen molar-refractivity contribution in [3.63, 3.8) is 0 Å². The second-order valence-electron chi connectivity index (χ2n) is 3.40. The summed E-state index contributed by atoms with van der Waals surface area (Å²) in [5.74, 6) is 1.90. The molecule has 1 rings (SSSR count). The van der Waals surface area contributed by atoms with E-state index in [2.05, 4.69) is 29.4 Å². The molecule has 0 aromatic rings. The summed E-state index contributed by atoms with van der Waals surface area (Å²) in [6.07, 6.45) is 4.13. The molecule has 0 heterocycles. The summed E-state index contributed by atoms with van der Waals surface area (Å²) in [5.41, 5.74) is 1.35. The van der Waals surface area contributed by atoms with E-state index in [1.807, 2.05) is 0 Å². The Labute approximate surface area is 71.8 Å². The van der Waals surface area contributed by atoms with E-state index in [0.717, 1.165) is 17.2 Å². The predicted octanol–water partition coefficient (Wildman–Crippen LogP) is 3.37. The van der Waals surface area contributed by atoms with Gasteiger partial charge in [0.2, 0.25) is 0 Å². The van der Waals surface area contributed by atoms with Gasteiger partial charge in [0, 0.05) is 5.33 Å². The number of hydrogen-bond acceptors (Lipinski definition) is 0. The molecule has 1 fully saturated rings. The second kappa shape index (κ2) is 3.56. The van der Waals surface area contributed by atoms with Crippen LogP contribution < -0.4 is 0 Å². The standard InChI is InChI=1S/C9H15Br/c1-7(6-10)5-8(2)9-3-4-9/h8-9H,1,3-6H2,2H3. The van der Waals surface area contributed by atoms with Crippen LogP contribution in [-0.4, -0.2) is 5.33 Å². The van der Waals surface area contributed by atoms with E-state index in [4.69, 9.17) is 0 Å². The zero-order chi connectivity index (χ0) is 7.56. The van der Waals surface area contributed by atoms with E-state index < -0.39 is 0 Å². The van der Waals surface area contributed by atoms with Crippen molar-refractivity contribution in [1.29, 1.82) is 0 Å². The lowest BCUT2D eigenvalue weighted by atomic mass is 9.99. The Morgan fingerprint density at radius 3 is 2.70 bits per heavy atom. The molecule has 0 saturated heterocycles. The second-order valence-corrected chi connectivity index (χ2v) is 3.96. The van der Waals surface area contributed by atoms with E-state index in [0.29, 0.717) is 0 Å². The monoisotopic (exact) mass is 202 g/mol. The van der Waals surface area contributed by atoms with Crippen molar-refractivity contribution in [2.75, 3.05) is 5.33 Å². The average molecular weight is 203 g/mol. The van der Waals surface area contributed by atoms with E-state index in [1.54, 1.807) is 0 Å². The molecule has 0 radical (unpaired) electrons. The van der Waals surface area contributed by atoms with E-state index in [9.17, 15) is 0 Å². The van der Waals surface area contributed by atoms with Gasteiger partial charge in [-0.2, -0.15) is 0 Å². The Morgan fingerprint density at radius 1 is 1.70 bits per heavy atom. The highest BCUT2D eigenvalue weighted by molar-refractivity contribution is 9.09. The molecule has 1 aliphatic rings. The highest BCUT2D eigenvalue weighted by Crippen LogP contribution is 2.39. The Morgan fingerprint density at radius 2 is 2.30 bits per heavy atom. The normalized spacial score (nSPS) is 20.6. The summed E-state index contributed by atoms with van der Waals surface area (Å²) in [4.78, 5) is 0. The molecule has 0 nitrogen and oxygen atoms in total. The van der Waals surface area contributed by atoms with Crippen molar-refractivity contribution in [3.05, 3.63) is 12.2 Å². The third-order valence-corrected chi connectivity index (χ3v) is 3.02. The fraction of sp³-hybridized carbons (Fsp3) is 0.778. The molecule has 0 amide bonds. The van der Waals surface area contributed by atoms with Crippen LogP contribution in [0.5, 0.6) is 0 Å². The molecule has 1 atom stereocenters. The average Bonchev–Trinajstić information content (AvgIpc) is 2.68. The summed E-state index contributed by atoms with van der Waals surface area (Å²) in [6.45, 7) is 6.32.